The van der Waals surface area contributed by atoms with Crippen molar-refractivity contribution in [3.63, 3.8) is 0 Å². The Morgan fingerprint density at radius 2 is 1.38 bits per heavy atom. The Hall–Kier alpha value is -0.500. The summed E-state index contributed by atoms with van der Waals surface area (Å²) in [5.41, 5.74) is 0. The van der Waals surface area contributed by atoms with Crippen molar-refractivity contribution in [2.24, 2.45) is 0 Å². The van der Waals surface area contributed by atoms with Crippen molar-refractivity contribution in [3.05, 3.63) is 18.2 Å². The third kappa shape index (κ3) is 2.79. The first-order chi connectivity index (χ1) is 7.18. The predicted molar refractivity (Wildman–Crippen MR) is 59.1 cm³/mol. The van der Waals surface area contributed by atoms with Crippen molar-refractivity contribution < 1.29 is 21.6 Å². The summed E-state index contributed by atoms with van der Waals surface area (Å²) in [6.45, 7) is 0. The number of methoxy groups -OCH3 is 1. The van der Waals surface area contributed by atoms with E-state index in [1.165, 1.54) is 6.07 Å². The van der Waals surface area contributed by atoms with Crippen LogP contribution in [0.4, 0.5) is 0 Å². The molecule has 0 amide bonds. The summed E-state index contributed by atoms with van der Waals surface area (Å²) < 4.78 is 49.3. The summed E-state index contributed by atoms with van der Waals surface area (Å²) in [5, 5.41) is 0. The number of ether oxygens (including phenoxy) is 1. The van der Waals surface area contributed by atoms with Crippen molar-refractivity contribution in [2.75, 3.05) is 7.11 Å². The highest BCUT2D eigenvalue weighted by atomic mass is 35.7. The molecule has 0 atom stereocenters. The van der Waals surface area contributed by atoms with Gasteiger partial charge in [0.15, 0.2) is 5.75 Å². The van der Waals surface area contributed by atoms with E-state index in [0.29, 0.717) is 0 Å². The van der Waals surface area contributed by atoms with Crippen LogP contribution in [0.1, 0.15) is 0 Å². The Kier molecular flexibility index (Phi) is 3.73. The van der Waals surface area contributed by atoms with Gasteiger partial charge in [-0.3, -0.25) is 0 Å². The van der Waals surface area contributed by atoms with Gasteiger partial charge in [0.05, 0.1) is 7.11 Å². The van der Waals surface area contributed by atoms with Crippen LogP contribution in [-0.2, 0) is 18.1 Å². The maximum atomic E-state index is 11.1. The quantitative estimate of drug-likeness (QED) is 0.792. The van der Waals surface area contributed by atoms with Gasteiger partial charge in [-0.05, 0) is 12.1 Å². The van der Waals surface area contributed by atoms with Crippen LogP contribution >= 0.6 is 21.4 Å². The second-order valence-corrected chi connectivity index (χ2v) is 7.73. The largest absolute Gasteiger partial charge is 0.494 e. The Balaban J connectivity index is 3.71. The molecule has 5 nitrogen and oxygen atoms in total. The van der Waals surface area contributed by atoms with E-state index in [2.05, 4.69) is 0 Å². The van der Waals surface area contributed by atoms with E-state index in [1.54, 1.807) is 0 Å². The Labute approximate surface area is 102 Å². The van der Waals surface area contributed by atoms with Gasteiger partial charge in [-0.1, -0.05) is 6.07 Å². The molecule has 0 aliphatic carbocycles. The second-order valence-electron chi connectivity index (χ2n) is 2.66. The van der Waals surface area contributed by atoms with Gasteiger partial charge in [0.2, 0.25) is 0 Å². The molecule has 0 radical (unpaired) electrons. The average Bonchev–Trinajstić information content (AvgIpc) is 2.13. The molecule has 0 saturated carbocycles. The fourth-order valence-corrected chi connectivity index (χ4v) is 3.19. The molecular weight excluding hydrogens is 299 g/mol. The smallest absolute Gasteiger partial charge is 0.265 e. The molecule has 0 N–H and O–H groups in total. The summed E-state index contributed by atoms with van der Waals surface area (Å²) >= 11 is 0. The zero-order valence-corrected chi connectivity index (χ0v) is 11.0. The molecule has 0 aliphatic rings. The highest BCUT2D eigenvalue weighted by Crippen LogP contribution is 2.34. The second kappa shape index (κ2) is 4.40. The molecule has 1 aromatic rings. The van der Waals surface area contributed by atoms with Crippen LogP contribution in [0.15, 0.2) is 28.0 Å². The lowest BCUT2D eigenvalue weighted by Crippen LogP contribution is -2.02. The number of para-hydroxylation sites is 1. The van der Waals surface area contributed by atoms with Crippen molar-refractivity contribution in [1.82, 2.24) is 0 Å². The summed E-state index contributed by atoms with van der Waals surface area (Å²) in [4.78, 5) is -0.892. The van der Waals surface area contributed by atoms with Crippen LogP contribution in [0.5, 0.6) is 5.75 Å². The van der Waals surface area contributed by atoms with Crippen LogP contribution in [0.25, 0.3) is 0 Å². The topological polar surface area (TPSA) is 77.5 Å². The van der Waals surface area contributed by atoms with Crippen LogP contribution in [0, 0.1) is 0 Å². The maximum absolute atomic E-state index is 11.1. The fourth-order valence-electron chi connectivity index (χ4n) is 1.08. The van der Waals surface area contributed by atoms with Crippen molar-refractivity contribution in [3.8, 4) is 5.75 Å². The Morgan fingerprint density at radius 1 is 1.00 bits per heavy atom. The van der Waals surface area contributed by atoms with Gasteiger partial charge in [0.25, 0.3) is 18.1 Å². The third-order valence-corrected chi connectivity index (χ3v) is 4.36. The van der Waals surface area contributed by atoms with Crippen LogP contribution in [0.3, 0.4) is 0 Å². The van der Waals surface area contributed by atoms with E-state index in [-0.39, 0.29) is 0 Å². The van der Waals surface area contributed by atoms with Gasteiger partial charge in [-0.25, -0.2) is 16.8 Å². The number of halogens is 2. The molecule has 0 spiro atoms. The Bertz CT molecular complexity index is 555. The normalized spacial score (nSPS) is 12.4. The summed E-state index contributed by atoms with van der Waals surface area (Å²) in [6.07, 6.45) is 0. The fraction of sp³-hybridized carbons (Fsp3) is 0.143. The minimum atomic E-state index is -4.10. The molecule has 0 saturated heterocycles. The van der Waals surface area contributed by atoms with Gasteiger partial charge in [-0.2, -0.15) is 0 Å². The zero-order valence-electron chi connectivity index (χ0n) is 7.85. The first-order valence-corrected chi connectivity index (χ1v) is 8.36. The van der Waals surface area contributed by atoms with E-state index in [0.717, 1.165) is 19.2 Å². The first kappa shape index (κ1) is 13.6. The third-order valence-electron chi connectivity index (χ3n) is 1.67. The van der Waals surface area contributed by atoms with Crippen molar-refractivity contribution in [2.45, 2.75) is 9.79 Å². The van der Waals surface area contributed by atoms with Gasteiger partial charge < -0.3 is 4.74 Å². The molecule has 9 heteroatoms. The molecule has 0 aliphatic heterocycles. The van der Waals surface area contributed by atoms with Crippen LogP contribution in [-0.4, -0.2) is 23.9 Å². The molecule has 0 fully saturated rings. The van der Waals surface area contributed by atoms with Crippen LogP contribution in [0.2, 0.25) is 0 Å². The molecule has 0 aromatic heterocycles. The van der Waals surface area contributed by atoms with Gasteiger partial charge in [0.1, 0.15) is 9.79 Å². The van der Waals surface area contributed by atoms with Gasteiger partial charge in [0, 0.05) is 21.4 Å². The van der Waals surface area contributed by atoms with Crippen LogP contribution < -0.4 is 4.74 Å². The standard InChI is InChI=1S/C7H6Cl2O5S2/c1-14-7-5(15(8,10)11)3-2-4-6(7)16(9,12)13/h2-4H,1H3. The van der Waals surface area contributed by atoms with Crippen molar-refractivity contribution >= 4 is 39.5 Å². The highest BCUT2D eigenvalue weighted by Gasteiger charge is 2.24. The molecule has 1 rings (SSSR count). The molecule has 0 unspecified atom stereocenters. The van der Waals surface area contributed by atoms with Gasteiger partial charge in [-0.15, -0.1) is 0 Å². The molecule has 16 heavy (non-hydrogen) atoms. The lowest BCUT2D eigenvalue weighted by atomic mass is 10.3. The average molecular weight is 305 g/mol. The number of benzene rings is 1. The lowest BCUT2D eigenvalue weighted by molar-refractivity contribution is 0.391. The summed E-state index contributed by atoms with van der Waals surface area (Å²) in [7, 11) is 3.15. The minimum Gasteiger partial charge on any atom is -0.494 e. The Morgan fingerprint density at radius 3 is 1.62 bits per heavy atom. The molecule has 0 heterocycles. The number of rotatable bonds is 3. The monoisotopic (exact) mass is 304 g/mol. The van der Waals surface area contributed by atoms with Gasteiger partial charge >= 0.3 is 0 Å². The van der Waals surface area contributed by atoms with E-state index < -0.39 is 33.6 Å². The lowest BCUT2D eigenvalue weighted by Gasteiger charge is -2.08. The minimum absolute atomic E-state index is 0.396. The molecular formula is C7H6Cl2O5S2. The highest BCUT2D eigenvalue weighted by molar-refractivity contribution is 8.14. The van der Waals surface area contributed by atoms with E-state index in [4.69, 9.17) is 26.1 Å². The van der Waals surface area contributed by atoms with Crippen molar-refractivity contribution in [1.29, 1.82) is 0 Å². The summed E-state index contributed by atoms with van der Waals surface area (Å²) in [5.74, 6) is -0.396. The van der Waals surface area contributed by atoms with E-state index in [9.17, 15) is 16.8 Å². The molecule has 0 bridgehead atoms. The maximum Gasteiger partial charge on any atom is 0.265 e. The molecule has 90 valence electrons. The molecule has 1 aromatic carbocycles. The SMILES string of the molecule is COc1c(S(=O)(=O)Cl)cccc1S(=O)(=O)Cl. The number of hydrogen-bond donors (Lipinski definition) is 0. The van der Waals surface area contributed by atoms with E-state index in [1.807, 2.05) is 0 Å². The number of hydrogen-bond acceptors (Lipinski definition) is 5. The zero-order chi connectivity index (χ0) is 12.6. The first-order valence-electron chi connectivity index (χ1n) is 3.74. The van der Waals surface area contributed by atoms with E-state index >= 15 is 0 Å². The summed E-state index contributed by atoms with van der Waals surface area (Å²) in [6, 6.07) is 3.44. The predicted octanol–water partition coefficient (Wildman–Crippen LogP) is 1.55.